The number of nitrogens with zero attached hydrogens (tertiary/aromatic N) is 2. The zero-order chi connectivity index (χ0) is 41.1. The first-order valence-corrected chi connectivity index (χ1v) is 20.6. The van der Waals surface area contributed by atoms with Crippen LogP contribution in [0.5, 0.6) is 0 Å². The Hall–Kier alpha value is -3.38. The minimum atomic E-state index is -1.61. The van der Waals surface area contributed by atoms with Crippen LogP contribution in [0.3, 0.4) is 0 Å². The average molecular weight is 851 g/mol. The molecule has 0 saturated carbocycles. The topological polar surface area (TPSA) is 207 Å². The quantitative estimate of drug-likeness (QED) is 0.114. The molecule has 15 nitrogen and oxygen atoms in total. The van der Waals surface area contributed by atoms with Crippen LogP contribution >= 0.6 is 45.9 Å². The second-order valence-electron chi connectivity index (χ2n) is 13.6. The number of aromatic nitrogens is 2. The summed E-state index contributed by atoms with van der Waals surface area (Å²) in [4.78, 5) is 86.9. The van der Waals surface area contributed by atoms with Crippen LogP contribution in [0.15, 0.2) is 10.8 Å². The third-order valence-corrected chi connectivity index (χ3v) is 11.0. The lowest BCUT2D eigenvalue weighted by molar-refractivity contribution is -0.173. The summed E-state index contributed by atoms with van der Waals surface area (Å²) in [5, 5.41) is 17.0. The van der Waals surface area contributed by atoms with Crippen LogP contribution in [-0.2, 0) is 42.9 Å². The summed E-state index contributed by atoms with van der Waals surface area (Å²) >= 11 is 14.2. The Morgan fingerprint density at radius 3 is 2.27 bits per heavy atom. The molecule has 2 aromatic heterocycles. The lowest BCUT2D eigenvalue weighted by Crippen LogP contribution is -2.45. The summed E-state index contributed by atoms with van der Waals surface area (Å²) in [7, 11) is 0. The Labute approximate surface area is 338 Å². The Morgan fingerprint density at radius 2 is 1.67 bits per heavy atom. The third-order valence-electron chi connectivity index (χ3n) is 8.81. The van der Waals surface area contributed by atoms with E-state index in [1.807, 2.05) is 6.92 Å². The van der Waals surface area contributed by atoms with Gasteiger partial charge in [0.2, 0.25) is 5.91 Å². The van der Waals surface area contributed by atoms with E-state index in [1.165, 1.54) is 31.5 Å². The SMILES string of the molecule is CCCC(=O)N[C@@H](CC)[C@@H](CC(=O)O[C@@H]1COC(=O)c2csc(n2)[C@@H]([C@@](C)(O)CC)OC(=O)[C@@H](C)[C@H](CCCC(C)(Cl)Cl)OC(=O)c2csc1n2)OC(C)=O. The fourth-order valence-corrected chi connectivity index (χ4v) is 7.48. The van der Waals surface area contributed by atoms with Gasteiger partial charge < -0.3 is 34.1 Å². The zero-order valence-electron chi connectivity index (χ0n) is 31.9. The van der Waals surface area contributed by atoms with Crippen LogP contribution < -0.4 is 5.32 Å². The number of fused-ring (bicyclic) bond motifs is 4. The second-order valence-corrected chi connectivity index (χ2v) is 17.3. The molecule has 3 rings (SSSR count). The van der Waals surface area contributed by atoms with E-state index in [9.17, 15) is 33.9 Å². The molecule has 0 aromatic carbocycles. The van der Waals surface area contributed by atoms with Crippen molar-refractivity contribution in [3.05, 3.63) is 32.2 Å². The molecule has 0 spiro atoms. The van der Waals surface area contributed by atoms with E-state index in [2.05, 4.69) is 15.3 Å². The number of hydrogen-bond donors (Lipinski definition) is 2. The molecular formula is C36H49Cl2N3O12S2. The number of amides is 1. The summed E-state index contributed by atoms with van der Waals surface area (Å²) in [5.74, 6) is -5.50. The van der Waals surface area contributed by atoms with Gasteiger partial charge in [-0.3, -0.25) is 19.2 Å². The number of rotatable bonds is 15. The Balaban J connectivity index is 2.01. The molecule has 0 fully saturated rings. The van der Waals surface area contributed by atoms with Crippen LogP contribution in [0.25, 0.3) is 0 Å². The smallest absolute Gasteiger partial charge is 0.358 e. The fraction of sp³-hybridized carbons (Fsp3) is 0.667. The van der Waals surface area contributed by atoms with Gasteiger partial charge in [-0.05, 0) is 59.3 Å². The van der Waals surface area contributed by atoms with Crippen molar-refractivity contribution in [2.24, 2.45) is 5.92 Å². The second kappa shape index (κ2) is 20.7. The van der Waals surface area contributed by atoms with E-state index in [4.69, 9.17) is 46.9 Å². The lowest BCUT2D eigenvalue weighted by atomic mass is 9.95. The molecule has 1 aliphatic heterocycles. The molecule has 2 N–H and O–H groups in total. The molecule has 0 aliphatic carbocycles. The molecule has 306 valence electrons. The van der Waals surface area contributed by atoms with Crippen molar-refractivity contribution >= 4 is 81.6 Å². The molecule has 3 heterocycles. The van der Waals surface area contributed by atoms with Gasteiger partial charge in [0.25, 0.3) is 0 Å². The van der Waals surface area contributed by atoms with Gasteiger partial charge in [-0.15, -0.1) is 45.9 Å². The number of nitrogens with one attached hydrogen (secondary N) is 1. The summed E-state index contributed by atoms with van der Waals surface area (Å²) in [6.45, 7) is 10.5. The van der Waals surface area contributed by atoms with Crippen molar-refractivity contribution in [1.29, 1.82) is 0 Å². The molecule has 7 atom stereocenters. The highest BCUT2D eigenvalue weighted by Gasteiger charge is 2.41. The number of cyclic esters (lactones) is 3. The molecule has 1 aliphatic rings. The number of alkyl halides is 2. The zero-order valence-corrected chi connectivity index (χ0v) is 35.0. The minimum absolute atomic E-state index is 0.0619. The normalized spacial score (nSPS) is 21.8. The van der Waals surface area contributed by atoms with Crippen molar-refractivity contribution < 1.29 is 57.6 Å². The van der Waals surface area contributed by atoms with Gasteiger partial charge >= 0.3 is 29.8 Å². The summed E-state index contributed by atoms with van der Waals surface area (Å²) in [5.41, 5.74) is -1.96. The van der Waals surface area contributed by atoms with Crippen LogP contribution in [0.4, 0.5) is 0 Å². The van der Waals surface area contributed by atoms with Crippen molar-refractivity contribution in [3.63, 3.8) is 0 Å². The highest BCUT2D eigenvalue weighted by molar-refractivity contribution is 7.10. The molecule has 19 heteroatoms. The van der Waals surface area contributed by atoms with Gasteiger partial charge in [-0.1, -0.05) is 20.8 Å². The number of carbonyl (C=O) groups excluding carboxylic acids is 6. The van der Waals surface area contributed by atoms with E-state index < -0.39 is 89.2 Å². The molecule has 0 unspecified atom stereocenters. The van der Waals surface area contributed by atoms with Crippen molar-refractivity contribution in [1.82, 2.24) is 15.3 Å². The predicted molar refractivity (Wildman–Crippen MR) is 203 cm³/mol. The fourth-order valence-electron chi connectivity index (χ4n) is 5.45. The maximum absolute atomic E-state index is 13.6. The highest BCUT2D eigenvalue weighted by atomic mass is 35.5. The molecule has 0 radical (unpaired) electrons. The van der Waals surface area contributed by atoms with Gasteiger partial charge in [-0.25, -0.2) is 19.6 Å². The summed E-state index contributed by atoms with van der Waals surface area (Å²) < 4.78 is 27.2. The Kier molecular flexibility index (Phi) is 17.3. The van der Waals surface area contributed by atoms with E-state index in [0.717, 1.165) is 22.7 Å². The standard InChI is InChI=1S/C36H49Cl2N3O12S2/c1-8-12-27(43)39-21(9-2)25(50-20(5)42)15-28(44)51-26-16-49-33(46)22-17-55-31(41-22)29(35(6,48)10-3)53-32(45)19(4)24(13-11-14-36(7,37)38)52-34(47)23-18-54-30(26)40-23/h17-19,21,24-26,29,48H,8-16H2,1-7H3,(H,39,43)/t19-,21-,24-,25+,26+,29-,35-/m0/s1. The maximum Gasteiger partial charge on any atom is 0.358 e. The van der Waals surface area contributed by atoms with E-state index in [1.54, 1.807) is 20.8 Å². The first-order valence-electron chi connectivity index (χ1n) is 18.0. The number of thiazole rings is 2. The van der Waals surface area contributed by atoms with E-state index in [0.29, 0.717) is 25.7 Å². The molecule has 2 aromatic rings. The molecule has 4 bridgehead atoms. The predicted octanol–water partition coefficient (Wildman–Crippen LogP) is 6.34. The number of ether oxygens (including phenoxy) is 5. The molecule has 55 heavy (non-hydrogen) atoms. The van der Waals surface area contributed by atoms with Crippen LogP contribution in [0, 0.1) is 5.92 Å². The molecule has 1 amide bonds. The molecular weight excluding hydrogens is 801 g/mol. The van der Waals surface area contributed by atoms with Crippen LogP contribution in [0.2, 0.25) is 0 Å². The number of aliphatic hydroxyl groups is 1. The minimum Gasteiger partial charge on any atom is -0.460 e. The van der Waals surface area contributed by atoms with Gasteiger partial charge in [-0.2, -0.15) is 0 Å². The Morgan fingerprint density at radius 1 is 1.04 bits per heavy atom. The van der Waals surface area contributed by atoms with Gasteiger partial charge in [0.1, 0.15) is 38.8 Å². The molecule has 0 saturated heterocycles. The van der Waals surface area contributed by atoms with Gasteiger partial charge in [0.15, 0.2) is 23.6 Å². The van der Waals surface area contributed by atoms with E-state index in [-0.39, 0.29) is 46.6 Å². The lowest BCUT2D eigenvalue weighted by Gasteiger charge is -2.32. The van der Waals surface area contributed by atoms with Crippen molar-refractivity contribution in [2.45, 2.75) is 140 Å². The van der Waals surface area contributed by atoms with Crippen molar-refractivity contribution in [2.75, 3.05) is 6.61 Å². The highest BCUT2D eigenvalue weighted by Crippen LogP contribution is 2.36. The number of esters is 5. The Bertz CT molecular complexity index is 1660. The van der Waals surface area contributed by atoms with Crippen LogP contribution in [0.1, 0.15) is 143 Å². The number of hydrogen-bond acceptors (Lipinski definition) is 16. The monoisotopic (exact) mass is 849 g/mol. The largest absolute Gasteiger partial charge is 0.460 e. The van der Waals surface area contributed by atoms with Crippen LogP contribution in [-0.4, -0.2) is 85.6 Å². The van der Waals surface area contributed by atoms with Crippen molar-refractivity contribution in [3.8, 4) is 0 Å². The van der Waals surface area contributed by atoms with E-state index >= 15 is 0 Å². The maximum atomic E-state index is 13.6. The summed E-state index contributed by atoms with van der Waals surface area (Å²) in [6, 6.07) is -0.708. The van der Waals surface area contributed by atoms with Gasteiger partial charge in [0.05, 0.1) is 18.4 Å². The first kappa shape index (κ1) is 46.0. The number of halogens is 2. The average Bonchev–Trinajstić information content (AvgIpc) is 3.80. The number of carbonyl (C=O) groups is 6. The first-order chi connectivity index (χ1) is 25.8. The summed E-state index contributed by atoms with van der Waals surface area (Å²) in [6.07, 6.45) is -3.13. The van der Waals surface area contributed by atoms with Gasteiger partial charge in [0, 0.05) is 24.1 Å². The third kappa shape index (κ3) is 13.9.